The molecule has 0 aliphatic rings. The molecule has 0 spiro atoms. The average molecular weight is 334 g/mol. The van der Waals surface area contributed by atoms with Crippen molar-refractivity contribution in [3.05, 3.63) is 35.8 Å². The van der Waals surface area contributed by atoms with E-state index in [1.54, 1.807) is 0 Å². The summed E-state index contributed by atoms with van der Waals surface area (Å²) in [7, 11) is -2.13. The Morgan fingerprint density at radius 2 is 1.52 bits per heavy atom. The lowest BCUT2D eigenvalue weighted by Gasteiger charge is -2.42. The third-order valence-corrected chi connectivity index (χ3v) is 10.8. The number of halogens is 1. The van der Waals surface area contributed by atoms with Crippen molar-refractivity contribution in [3.8, 4) is 5.75 Å². The van der Waals surface area contributed by atoms with Crippen molar-refractivity contribution in [1.82, 2.24) is 4.98 Å². The van der Waals surface area contributed by atoms with Crippen molar-refractivity contribution < 1.29 is 8.82 Å². The summed E-state index contributed by atoms with van der Waals surface area (Å²) in [5.41, 5.74) is 2.99. The average Bonchev–Trinajstić information content (AvgIpc) is 2.43. The number of hydrogen-bond donors (Lipinski definition) is 0. The molecule has 0 aliphatic carbocycles. The third kappa shape index (κ3) is 3.27. The fourth-order valence-corrected chi connectivity index (χ4v) is 9.13. The summed E-state index contributed by atoms with van der Waals surface area (Å²) in [6.07, 6.45) is 0. The maximum atomic E-state index is 14.1. The maximum Gasteiger partial charge on any atom is 0.258 e. The summed E-state index contributed by atoms with van der Waals surface area (Å²) >= 11 is 0. The van der Waals surface area contributed by atoms with Gasteiger partial charge >= 0.3 is 0 Å². The number of hydrogen-bond acceptors (Lipinski definition) is 2. The zero-order valence-corrected chi connectivity index (χ0v) is 16.3. The molecule has 2 nitrogen and oxygen atoms in total. The van der Waals surface area contributed by atoms with Gasteiger partial charge in [-0.1, -0.05) is 47.6 Å². The molecule has 0 atom stereocenters. The molecule has 126 valence electrons. The van der Waals surface area contributed by atoms with E-state index < -0.39 is 8.32 Å². The molecule has 1 heterocycles. The van der Waals surface area contributed by atoms with E-state index in [-0.39, 0.29) is 5.82 Å². The second kappa shape index (κ2) is 6.60. The zero-order chi connectivity index (χ0) is 17.4. The molecular formula is C19H28FNOSi. The van der Waals surface area contributed by atoms with E-state index in [4.69, 9.17) is 4.43 Å². The Bertz CT molecular complexity index is 675. The van der Waals surface area contributed by atoms with Gasteiger partial charge in [-0.05, 0) is 35.7 Å². The second-order valence-corrected chi connectivity index (χ2v) is 12.7. The van der Waals surface area contributed by atoms with E-state index >= 15 is 0 Å². The summed E-state index contributed by atoms with van der Waals surface area (Å²) in [5, 5.41) is 0.796. The molecule has 0 saturated heterocycles. The van der Waals surface area contributed by atoms with Crippen LogP contribution in [0.1, 0.15) is 47.2 Å². The predicted molar refractivity (Wildman–Crippen MR) is 98.1 cm³/mol. The van der Waals surface area contributed by atoms with Crippen molar-refractivity contribution in [2.24, 2.45) is 0 Å². The Labute approximate surface area is 140 Å². The van der Waals surface area contributed by atoms with Gasteiger partial charge in [-0.15, -0.1) is 0 Å². The molecule has 0 fully saturated rings. The first-order valence-electron chi connectivity index (χ1n) is 8.44. The van der Waals surface area contributed by atoms with Crippen LogP contribution in [-0.4, -0.2) is 13.3 Å². The van der Waals surface area contributed by atoms with E-state index in [0.29, 0.717) is 22.4 Å². The van der Waals surface area contributed by atoms with Gasteiger partial charge in [-0.25, -0.2) is 9.37 Å². The van der Waals surface area contributed by atoms with Gasteiger partial charge in [0.15, 0.2) is 0 Å². The molecule has 0 amide bonds. The summed E-state index contributed by atoms with van der Waals surface area (Å²) in [4.78, 5) is 4.61. The lowest BCUT2D eigenvalue weighted by Crippen LogP contribution is -2.50. The van der Waals surface area contributed by atoms with Crippen molar-refractivity contribution in [3.63, 3.8) is 0 Å². The van der Waals surface area contributed by atoms with Crippen molar-refractivity contribution >= 4 is 19.2 Å². The highest BCUT2D eigenvalue weighted by Gasteiger charge is 2.47. The van der Waals surface area contributed by atoms with Gasteiger partial charge < -0.3 is 4.43 Å². The van der Waals surface area contributed by atoms with Gasteiger partial charge in [-0.2, -0.15) is 0 Å². The normalized spacial score (nSPS) is 12.7. The van der Waals surface area contributed by atoms with Gasteiger partial charge in [0, 0.05) is 17.1 Å². The lowest BCUT2D eigenvalue weighted by molar-refractivity contribution is 0.479. The third-order valence-electron chi connectivity index (χ3n) is 4.86. The Kier molecular flexibility index (Phi) is 5.14. The van der Waals surface area contributed by atoms with Crippen molar-refractivity contribution in [2.75, 3.05) is 0 Å². The van der Waals surface area contributed by atoms with Crippen LogP contribution in [0.15, 0.2) is 24.3 Å². The van der Waals surface area contributed by atoms with Gasteiger partial charge in [0.2, 0.25) is 0 Å². The Morgan fingerprint density at radius 3 is 2.04 bits per heavy atom. The molecule has 0 aliphatic heterocycles. The van der Waals surface area contributed by atoms with Gasteiger partial charge in [-0.3, -0.25) is 0 Å². The summed E-state index contributed by atoms with van der Waals surface area (Å²) in [6, 6.07) is 6.85. The lowest BCUT2D eigenvalue weighted by atomic mass is 10.2. The SMILES string of the molecule is Cc1ccc2cc(F)cc(O[Si](C(C)C)(C(C)C)C(C)C)c2n1. The zero-order valence-electron chi connectivity index (χ0n) is 15.3. The standard InChI is InChI=1S/C19H28FNOSi/c1-12(2)23(13(3)4,14(5)6)22-18-11-17(20)10-16-9-8-15(7)21-19(16)18/h8-14H,1-7H3. The van der Waals surface area contributed by atoms with Crippen molar-refractivity contribution in [2.45, 2.75) is 65.1 Å². The minimum absolute atomic E-state index is 0.266. The van der Waals surface area contributed by atoms with Crippen LogP contribution in [0.4, 0.5) is 4.39 Å². The number of fused-ring (bicyclic) bond motifs is 1. The molecule has 4 heteroatoms. The number of rotatable bonds is 5. The van der Waals surface area contributed by atoms with E-state index in [2.05, 4.69) is 46.5 Å². The van der Waals surface area contributed by atoms with Crippen LogP contribution in [0.3, 0.4) is 0 Å². The monoisotopic (exact) mass is 333 g/mol. The number of nitrogens with zero attached hydrogens (tertiary/aromatic N) is 1. The van der Waals surface area contributed by atoms with Crippen LogP contribution in [0, 0.1) is 12.7 Å². The van der Waals surface area contributed by atoms with Crippen molar-refractivity contribution in [1.29, 1.82) is 0 Å². The van der Waals surface area contributed by atoms with Gasteiger partial charge in [0.05, 0.1) is 0 Å². The smallest absolute Gasteiger partial charge is 0.258 e. The fraction of sp³-hybridized carbons (Fsp3) is 0.526. The molecule has 2 aromatic rings. The number of aryl methyl sites for hydroxylation is 1. The minimum Gasteiger partial charge on any atom is -0.541 e. The first-order valence-corrected chi connectivity index (χ1v) is 10.6. The Balaban J connectivity index is 2.65. The molecule has 0 unspecified atom stereocenters. The van der Waals surface area contributed by atoms with E-state index in [9.17, 15) is 4.39 Å². The molecule has 1 aromatic carbocycles. The fourth-order valence-electron chi connectivity index (χ4n) is 3.89. The largest absolute Gasteiger partial charge is 0.541 e. The Morgan fingerprint density at radius 1 is 0.957 bits per heavy atom. The van der Waals surface area contributed by atoms with Crippen LogP contribution in [0.2, 0.25) is 16.6 Å². The highest BCUT2D eigenvalue weighted by Crippen LogP contribution is 2.44. The van der Waals surface area contributed by atoms with Crippen LogP contribution < -0.4 is 4.43 Å². The molecule has 0 saturated carbocycles. The van der Waals surface area contributed by atoms with E-state index in [1.165, 1.54) is 12.1 Å². The summed E-state index contributed by atoms with van der Waals surface area (Å²) in [6.45, 7) is 15.3. The molecular weight excluding hydrogens is 305 g/mol. The molecule has 0 radical (unpaired) electrons. The van der Waals surface area contributed by atoms with Crippen LogP contribution in [-0.2, 0) is 0 Å². The molecule has 0 bridgehead atoms. The summed E-state index contributed by atoms with van der Waals surface area (Å²) < 4.78 is 20.8. The van der Waals surface area contributed by atoms with Gasteiger partial charge in [0.1, 0.15) is 17.1 Å². The van der Waals surface area contributed by atoms with Gasteiger partial charge in [0.25, 0.3) is 8.32 Å². The van der Waals surface area contributed by atoms with E-state index in [0.717, 1.165) is 16.6 Å². The molecule has 23 heavy (non-hydrogen) atoms. The number of benzene rings is 1. The number of aromatic nitrogens is 1. The highest BCUT2D eigenvalue weighted by atomic mass is 28.4. The first kappa shape index (κ1) is 17.9. The summed E-state index contributed by atoms with van der Waals surface area (Å²) in [5.74, 6) is 0.337. The minimum atomic E-state index is -2.13. The first-order chi connectivity index (χ1) is 10.7. The van der Waals surface area contributed by atoms with Crippen LogP contribution in [0.5, 0.6) is 5.75 Å². The second-order valence-electron chi connectivity index (χ2n) is 7.35. The van der Waals surface area contributed by atoms with Crippen LogP contribution >= 0.6 is 0 Å². The molecule has 2 rings (SSSR count). The van der Waals surface area contributed by atoms with Crippen LogP contribution in [0.25, 0.3) is 10.9 Å². The number of pyridine rings is 1. The topological polar surface area (TPSA) is 22.1 Å². The quantitative estimate of drug-likeness (QED) is 0.604. The molecule has 1 aromatic heterocycles. The van der Waals surface area contributed by atoms with E-state index in [1.807, 2.05) is 19.1 Å². The molecule has 0 N–H and O–H groups in total. The predicted octanol–water partition coefficient (Wildman–Crippen LogP) is 6.24. The maximum absolute atomic E-state index is 14.1. The Hall–Kier alpha value is -1.42. The highest BCUT2D eigenvalue weighted by molar-refractivity contribution is 6.78.